The van der Waals surface area contributed by atoms with E-state index in [2.05, 4.69) is 25.7 Å². The van der Waals surface area contributed by atoms with Crippen molar-refractivity contribution in [2.75, 3.05) is 16.4 Å². The van der Waals surface area contributed by atoms with Crippen molar-refractivity contribution in [2.45, 2.75) is 11.9 Å². The van der Waals surface area contributed by atoms with E-state index in [-0.39, 0.29) is 17.6 Å². The van der Waals surface area contributed by atoms with E-state index in [4.69, 9.17) is 11.6 Å². The Labute approximate surface area is 187 Å². The number of amides is 2. The minimum Gasteiger partial charge on any atom is -0.326 e. The van der Waals surface area contributed by atoms with Crippen molar-refractivity contribution in [3.63, 3.8) is 0 Å². The average Bonchev–Trinajstić information content (AvgIpc) is 3.19. The molecule has 2 aromatic heterocycles. The van der Waals surface area contributed by atoms with Gasteiger partial charge in [-0.2, -0.15) is 5.10 Å². The Morgan fingerprint density at radius 3 is 2.35 bits per heavy atom. The minimum absolute atomic E-state index is 0.149. The number of halogens is 1. The van der Waals surface area contributed by atoms with Crippen molar-refractivity contribution in [3.8, 4) is 5.69 Å². The molecule has 0 aliphatic heterocycles. The standard InChI is InChI=1S/C21H17ClN6O2S/c1-13(29)26-15-4-6-16(7-5-15)27-19(30)11-31-21-18-10-25-28(20(18)23-12-24-21)17-8-2-14(22)3-9-17/h2-10,12H,11H2,1H3,(H,26,29)(H,27,30). The quantitative estimate of drug-likeness (QED) is 0.336. The van der Waals surface area contributed by atoms with Crippen LogP contribution in [0.15, 0.2) is 66.1 Å². The van der Waals surface area contributed by atoms with Crippen LogP contribution in [-0.4, -0.2) is 37.3 Å². The molecule has 0 radical (unpaired) electrons. The lowest BCUT2D eigenvalue weighted by Gasteiger charge is -2.07. The van der Waals surface area contributed by atoms with E-state index >= 15 is 0 Å². The Balaban J connectivity index is 1.43. The zero-order valence-corrected chi connectivity index (χ0v) is 17.9. The van der Waals surface area contributed by atoms with Gasteiger partial charge in [0.25, 0.3) is 0 Å². The zero-order chi connectivity index (χ0) is 21.8. The summed E-state index contributed by atoms with van der Waals surface area (Å²) in [4.78, 5) is 32.1. The Bertz CT molecular complexity index is 1240. The summed E-state index contributed by atoms with van der Waals surface area (Å²) in [7, 11) is 0. The van der Waals surface area contributed by atoms with E-state index in [0.717, 1.165) is 11.1 Å². The summed E-state index contributed by atoms with van der Waals surface area (Å²) in [5.41, 5.74) is 2.78. The molecule has 0 saturated heterocycles. The average molecular weight is 453 g/mol. The highest BCUT2D eigenvalue weighted by Gasteiger charge is 2.13. The molecule has 156 valence electrons. The van der Waals surface area contributed by atoms with Gasteiger partial charge in [0.1, 0.15) is 11.4 Å². The molecule has 2 heterocycles. The fraction of sp³-hybridized carbons (Fsp3) is 0.0952. The lowest BCUT2D eigenvalue weighted by Crippen LogP contribution is -2.14. The molecule has 0 atom stereocenters. The van der Waals surface area contributed by atoms with Crippen molar-refractivity contribution >= 4 is 57.6 Å². The van der Waals surface area contributed by atoms with Crippen LogP contribution in [0.3, 0.4) is 0 Å². The fourth-order valence-electron chi connectivity index (χ4n) is 2.88. The molecule has 0 spiro atoms. The SMILES string of the molecule is CC(=O)Nc1ccc(NC(=O)CSc2ncnc3c2cnn3-c2ccc(Cl)cc2)cc1. The summed E-state index contributed by atoms with van der Waals surface area (Å²) in [5.74, 6) is -0.149. The number of benzene rings is 2. The zero-order valence-electron chi connectivity index (χ0n) is 16.4. The summed E-state index contributed by atoms with van der Waals surface area (Å²) in [6.07, 6.45) is 3.14. The molecule has 0 fully saturated rings. The maximum Gasteiger partial charge on any atom is 0.234 e. The lowest BCUT2D eigenvalue weighted by atomic mass is 10.3. The molecule has 31 heavy (non-hydrogen) atoms. The van der Waals surface area contributed by atoms with Gasteiger partial charge in [0.2, 0.25) is 11.8 Å². The molecule has 0 aliphatic carbocycles. The van der Waals surface area contributed by atoms with Crippen molar-refractivity contribution in [3.05, 3.63) is 66.1 Å². The van der Waals surface area contributed by atoms with Gasteiger partial charge in [-0.1, -0.05) is 23.4 Å². The van der Waals surface area contributed by atoms with Gasteiger partial charge in [-0.25, -0.2) is 14.6 Å². The first-order valence-corrected chi connectivity index (χ1v) is 10.6. The highest BCUT2D eigenvalue weighted by atomic mass is 35.5. The molecule has 0 bridgehead atoms. The smallest absolute Gasteiger partial charge is 0.234 e. The lowest BCUT2D eigenvalue weighted by molar-refractivity contribution is -0.114. The molecule has 2 aromatic carbocycles. The number of thioether (sulfide) groups is 1. The second-order valence-corrected chi connectivity index (χ2v) is 7.94. The predicted octanol–water partition coefficient (Wildman–Crippen LogP) is 4.16. The van der Waals surface area contributed by atoms with Crippen LogP contribution in [0.25, 0.3) is 16.7 Å². The van der Waals surface area contributed by atoms with Crippen molar-refractivity contribution < 1.29 is 9.59 Å². The number of anilines is 2. The van der Waals surface area contributed by atoms with Crippen LogP contribution in [-0.2, 0) is 9.59 Å². The van der Waals surface area contributed by atoms with Crippen LogP contribution in [0.2, 0.25) is 5.02 Å². The normalized spacial score (nSPS) is 10.8. The van der Waals surface area contributed by atoms with Crippen molar-refractivity contribution in [1.29, 1.82) is 0 Å². The number of hydrogen-bond donors (Lipinski definition) is 2. The minimum atomic E-state index is -0.172. The van der Waals surface area contributed by atoms with E-state index in [1.54, 1.807) is 47.3 Å². The highest BCUT2D eigenvalue weighted by molar-refractivity contribution is 8.00. The van der Waals surface area contributed by atoms with Crippen LogP contribution in [0.5, 0.6) is 0 Å². The fourth-order valence-corrected chi connectivity index (χ4v) is 3.77. The summed E-state index contributed by atoms with van der Waals surface area (Å²) in [5, 5.41) is 12.0. The van der Waals surface area contributed by atoms with Crippen molar-refractivity contribution in [2.24, 2.45) is 0 Å². The molecule has 2 amide bonds. The third-order valence-electron chi connectivity index (χ3n) is 4.23. The first-order chi connectivity index (χ1) is 15.0. The Morgan fingerprint density at radius 1 is 1.00 bits per heavy atom. The molecule has 10 heteroatoms. The molecule has 8 nitrogen and oxygen atoms in total. The molecule has 4 aromatic rings. The number of hydrogen-bond acceptors (Lipinski definition) is 6. The van der Waals surface area contributed by atoms with Crippen LogP contribution < -0.4 is 10.6 Å². The van der Waals surface area contributed by atoms with E-state index in [9.17, 15) is 9.59 Å². The number of aromatic nitrogens is 4. The van der Waals surface area contributed by atoms with Gasteiger partial charge >= 0.3 is 0 Å². The molecular weight excluding hydrogens is 436 g/mol. The van der Waals surface area contributed by atoms with E-state index in [0.29, 0.717) is 27.1 Å². The van der Waals surface area contributed by atoms with Gasteiger partial charge in [0.05, 0.1) is 23.0 Å². The van der Waals surface area contributed by atoms with Gasteiger partial charge < -0.3 is 10.6 Å². The van der Waals surface area contributed by atoms with Gasteiger partial charge in [0.15, 0.2) is 5.65 Å². The first-order valence-electron chi connectivity index (χ1n) is 9.24. The summed E-state index contributed by atoms with van der Waals surface area (Å²) in [6, 6.07) is 14.2. The van der Waals surface area contributed by atoms with Crippen LogP contribution in [0.1, 0.15) is 6.92 Å². The topological polar surface area (TPSA) is 102 Å². The number of rotatable bonds is 6. The maximum absolute atomic E-state index is 12.4. The van der Waals surface area contributed by atoms with Gasteiger partial charge in [-0.15, -0.1) is 0 Å². The Morgan fingerprint density at radius 2 is 1.68 bits per heavy atom. The second-order valence-electron chi connectivity index (χ2n) is 6.54. The number of carbonyl (C=O) groups is 2. The molecule has 4 rings (SSSR count). The first kappa shape index (κ1) is 20.8. The van der Waals surface area contributed by atoms with Crippen LogP contribution in [0.4, 0.5) is 11.4 Å². The molecule has 0 unspecified atom stereocenters. The molecule has 0 saturated carbocycles. The van der Waals surface area contributed by atoms with E-state index in [1.165, 1.54) is 25.0 Å². The second kappa shape index (κ2) is 9.15. The van der Waals surface area contributed by atoms with Crippen LogP contribution >= 0.6 is 23.4 Å². The number of nitrogens with zero attached hydrogens (tertiary/aromatic N) is 4. The van der Waals surface area contributed by atoms with E-state index < -0.39 is 0 Å². The van der Waals surface area contributed by atoms with Gasteiger partial charge in [-0.3, -0.25) is 9.59 Å². The summed E-state index contributed by atoms with van der Waals surface area (Å²) < 4.78 is 1.70. The Hall–Kier alpha value is -3.43. The van der Waals surface area contributed by atoms with Crippen molar-refractivity contribution in [1.82, 2.24) is 19.7 Å². The summed E-state index contributed by atoms with van der Waals surface area (Å²) >= 11 is 7.27. The largest absolute Gasteiger partial charge is 0.326 e. The highest BCUT2D eigenvalue weighted by Crippen LogP contribution is 2.26. The number of carbonyl (C=O) groups excluding carboxylic acids is 2. The predicted molar refractivity (Wildman–Crippen MR) is 122 cm³/mol. The van der Waals surface area contributed by atoms with Gasteiger partial charge in [0, 0.05) is 23.3 Å². The molecule has 0 aliphatic rings. The van der Waals surface area contributed by atoms with Crippen LogP contribution in [0, 0.1) is 0 Å². The number of nitrogens with one attached hydrogen (secondary N) is 2. The monoisotopic (exact) mass is 452 g/mol. The maximum atomic E-state index is 12.4. The van der Waals surface area contributed by atoms with Gasteiger partial charge in [-0.05, 0) is 48.5 Å². The molecule has 2 N–H and O–H groups in total. The summed E-state index contributed by atoms with van der Waals surface area (Å²) in [6.45, 7) is 1.44. The molecular formula is C21H17ClN6O2S. The third-order valence-corrected chi connectivity index (χ3v) is 5.49. The Kier molecular flexibility index (Phi) is 6.15. The number of fused-ring (bicyclic) bond motifs is 1. The third kappa shape index (κ3) is 5.01. The van der Waals surface area contributed by atoms with E-state index in [1.807, 2.05) is 12.1 Å².